The number of methoxy groups -OCH3 is 1. The number of likely N-dealkylation sites (tertiary alicyclic amines) is 1. The Hall–Kier alpha value is -3.55. The molecule has 0 radical (unpaired) electrons. The SMILES string of the molecule is COC[C@@H]1NC(=O)CC/C=C\CN(c2ccccc2Cl)C(=O)[C@H]2N(CCCO)C(=O)[C@@H]3[C@@H](C(=O)O[C@H]1c1ccccc1)[C@@H]1O[C@@]32C=C1Br. The maximum atomic E-state index is 14.8. The van der Waals surface area contributed by atoms with Crippen molar-refractivity contribution in [2.24, 2.45) is 11.8 Å². The van der Waals surface area contributed by atoms with Crippen LogP contribution in [0, 0.1) is 11.8 Å². The van der Waals surface area contributed by atoms with Crippen molar-refractivity contribution >= 4 is 56.9 Å². The Kier molecular flexibility index (Phi) is 10.4. The molecule has 3 amide bonds. The molecule has 4 heterocycles. The van der Waals surface area contributed by atoms with Crippen LogP contribution in [0.3, 0.4) is 0 Å². The molecule has 11 nitrogen and oxygen atoms in total. The first-order chi connectivity index (χ1) is 23.2. The van der Waals surface area contributed by atoms with Gasteiger partial charge in [0.05, 0.1) is 29.3 Å². The van der Waals surface area contributed by atoms with Crippen LogP contribution in [0.15, 0.2) is 77.3 Å². The number of anilines is 1. The van der Waals surface area contributed by atoms with Crippen molar-refractivity contribution in [3.8, 4) is 0 Å². The summed E-state index contributed by atoms with van der Waals surface area (Å²) in [5.41, 5.74) is -0.445. The Morgan fingerprint density at radius 3 is 2.52 bits per heavy atom. The third-order valence-electron chi connectivity index (χ3n) is 9.32. The number of cyclic esters (lactones) is 1. The second kappa shape index (κ2) is 14.5. The van der Waals surface area contributed by atoms with Gasteiger partial charge in [-0.1, -0.05) is 82.1 Å². The fourth-order valence-corrected chi connectivity index (χ4v) is 8.25. The first-order valence-corrected chi connectivity index (χ1v) is 17.1. The number of fused-ring (bicyclic) bond motifs is 2. The van der Waals surface area contributed by atoms with Crippen molar-refractivity contribution in [1.29, 1.82) is 0 Å². The van der Waals surface area contributed by atoms with Crippen LogP contribution in [0.1, 0.15) is 30.9 Å². The number of benzene rings is 2. The fourth-order valence-electron chi connectivity index (χ4n) is 7.28. The Balaban J connectivity index is 1.48. The summed E-state index contributed by atoms with van der Waals surface area (Å²) in [6, 6.07) is 14.0. The van der Waals surface area contributed by atoms with E-state index in [0.717, 1.165) is 0 Å². The van der Waals surface area contributed by atoms with Gasteiger partial charge in [-0.2, -0.15) is 0 Å². The molecule has 0 aromatic heterocycles. The van der Waals surface area contributed by atoms with Crippen LogP contribution in [0.5, 0.6) is 0 Å². The molecule has 0 aliphatic carbocycles. The summed E-state index contributed by atoms with van der Waals surface area (Å²) in [6.07, 6.45) is 4.19. The van der Waals surface area contributed by atoms with Gasteiger partial charge in [-0.15, -0.1) is 0 Å². The van der Waals surface area contributed by atoms with Crippen LogP contribution in [-0.4, -0.2) is 90.9 Å². The molecule has 254 valence electrons. The lowest BCUT2D eigenvalue weighted by atomic mass is 9.74. The molecule has 1 spiro atoms. The third kappa shape index (κ3) is 6.20. The van der Waals surface area contributed by atoms with Gasteiger partial charge in [-0.3, -0.25) is 19.2 Å². The van der Waals surface area contributed by atoms with Crippen molar-refractivity contribution in [2.45, 2.75) is 49.2 Å². The summed E-state index contributed by atoms with van der Waals surface area (Å²) < 4.78 is 18.8. The maximum Gasteiger partial charge on any atom is 0.313 e. The minimum absolute atomic E-state index is 0.0488. The van der Waals surface area contributed by atoms with E-state index in [1.165, 1.54) is 16.9 Å². The maximum absolute atomic E-state index is 14.8. The molecule has 7 atom stereocenters. The average molecular weight is 743 g/mol. The molecule has 4 aliphatic heterocycles. The number of hydrogen-bond donors (Lipinski definition) is 2. The summed E-state index contributed by atoms with van der Waals surface area (Å²) in [7, 11) is 1.50. The largest absolute Gasteiger partial charge is 0.455 e. The van der Waals surface area contributed by atoms with Crippen molar-refractivity contribution in [3.63, 3.8) is 0 Å². The monoisotopic (exact) mass is 741 g/mol. The van der Waals surface area contributed by atoms with Crippen LogP contribution in [0.4, 0.5) is 5.69 Å². The normalized spacial score (nSPS) is 31.4. The van der Waals surface area contributed by atoms with Crippen molar-refractivity contribution in [3.05, 3.63) is 87.9 Å². The van der Waals surface area contributed by atoms with Gasteiger partial charge < -0.3 is 34.4 Å². The lowest BCUT2D eigenvalue weighted by molar-refractivity contribution is -0.162. The molecular weight excluding hydrogens is 706 g/mol. The predicted molar refractivity (Wildman–Crippen MR) is 180 cm³/mol. The number of allylic oxidation sites excluding steroid dienone is 1. The van der Waals surface area contributed by atoms with E-state index in [-0.39, 0.29) is 45.1 Å². The molecule has 48 heavy (non-hydrogen) atoms. The minimum Gasteiger partial charge on any atom is -0.455 e. The second-order valence-electron chi connectivity index (χ2n) is 12.2. The van der Waals surface area contributed by atoms with Gasteiger partial charge in [0.25, 0.3) is 5.91 Å². The van der Waals surface area contributed by atoms with Crippen LogP contribution in [-0.2, 0) is 33.4 Å². The molecule has 5 bridgehead atoms. The van der Waals surface area contributed by atoms with Crippen LogP contribution in [0.2, 0.25) is 5.02 Å². The zero-order valence-electron chi connectivity index (χ0n) is 26.3. The zero-order chi connectivity index (χ0) is 34.0. The number of nitrogens with one attached hydrogen (secondary N) is 1. The van der Waals surface area contributed by atoms with Gasteiger partial charge in [-0.25, -0.2) is 0 Å². The number of aliphatic hydroxyl groups excluding tert-OH is 1. The number of aliphatic hydroxyl groups is 1. The first kappa shape index (κ1) is 34.3. The number of carbonyl (C=O) groups excluding carboxylic acids is 4. The number of amides is 3. The van der Waals surface area contributed by atoms with Gasteiger partial charge in [0.1, 0.15) is 29.8 Å². The standard InChI is InChI=1S/C35H37BrClN3O8/c1-46-20-24-29(21-11-4-2-5-12-21)47-34(45)27-28-32(43)40(17-10-18-41)31(35(28)19-22(36)30(27)48-35)33(44)39(25-14-8-7-13-23(25)37)16-9-3-6-15-26(42)38-24/h2-5,7-9,11-14,19,24,27-31,41H,6,10,15-18,20H2,1H3,(H,38,42)/b9-3-/t24-,27+,28-,29-,30+,31+,35-/m0/s1. The van der Waals surface area contributed by atoms with E-state index in [1.54, 1.807) is 60.7 Å². The van der Waals surface area contributed by atoms with E-state index in [2.05, 4.69) is 21.2 Å². The second-order valence-corrected chi connectivity index (χ2v) is 13.6. The molecule has 4 aliphatic rings. The fraction of sp³-hybridized carbons (Fsp3) is 0.429. The van der Waals surface area contributed by atoms with Crippen LogP contribution < -0.4 is 10.2 Å². The molecule has 2 N–H and O–H groups in total. The van der Waals surface area contributed by atoms with Crippen LogP contribution >= 0.6 is 27.5 Å². The summed E-state index contributed by atoms with van der Waals surface area (Å²) in [4.78, 5) is 59.7. The molecular formula is C35H37BrClN3O8. The van der Waals surface area contributed by atoms with Gasteiger partial charge in [-0.05, 0) is 36.6 Å². The smallest absolute Gasteiger partial charge is 0.313 e. The van der Waals surface area contributed by atoms with E-state index in [9.17, 15) is 24.3 Å². The molecule has 2 saturated heterocycles. The van der Waals surface area contributed by atoms with E-state index in [0.29, 0.717) is 27.2 Å². The zero-order valence-corrected chi connectivity index (χ0v) is 28.6. The quantitative estimate of drug-likeness (QED) is 0.324. The van der Waals surface area contributed by atoms with E-state index >= 15 is 0 Å². The lowest BCUT2D eigenvalue weighted by Gasteiger charge is -2.36. The van der Waals surface area contributed by atoms with Crippen molar-refractivity contribution in [2.75, 3.05) is 38.3 Å². The minimum atomic E-state index is -1.50. The summed E-state index contributed by atoms with van der Waals surface area (Å²) in [5, 5.41) is 13.1. The molecule has 0 saturated carbocycles. The Morgan fingerprint density at radius 1 is 1.04 bits per heavy atom. The molecule has 6 rings (SSSR count). The number of hydrogen-bond acceptors (Lipinski definition) is 8. The van der Waals surface area contributed by atoms with Crippen molar-refractivity contribution < 1.29 is 38.5 Å². The molecule has 2 fully saturated rings. The molecule has 2 aromatic carbocycles. The highest BCUT2D eigenvalue weighted by atomic mass is 79.9. The number of rotatable bonds is 7. The molecule has 2 aromatic rings. The average Bonchev–Trinajstić information content (AvgIpc) is 3.67. The van der Waals surface area contributed by atoms with Crippen LogP contribution in [0.25, 0.3) is 0 Å². The first-order valence-electron chi connectivity index (χ1n) is 15.9. The number of ether oxygens (including phenoxy) is 3. The number of para-hydroxylation sites is 1. The van der Waals surface area contributed by atoms with Gasteiger partial charge >= 0.3 is 5.97 Å². The third-order valence-corrected chi connectivity index (χ3v) is 10.3. The highest BCUT2D eigenvalue weighted by Gasteiger charge is 2.75. The number of nitrogens with zero attached hydrogens (tertiary/aromatic N) is 2. The Morgan fingerprint density at radius 2 is 1.79 bits per heavy atom. The molecule has 0 unspecified atom stereocenters. The topological polar surface area (TPSA) is 135 Å². The number of carbonyl (C=O) groups is 4. The van der Waals surface area contributed by atoms with Gasteiger partial charge in [0.2, 0.25) is 11.8 Å². The number of esters is 1. The highest BCUT2D eigenvalue weighted by Crippen LogP contribution is 2.59. The summed E-state index contributed by atoms with van der Waals surface area (Å²) in [5.74, 6) is -4.09. The summed E-state index contributed by atoms with van der Waals surface area (Å²) in [6.45, 7) is -0.00987. The Labute approximate surface area is 292 Å². The highest BCUT2D eigenvalue weighted by molar-refractivity contribution is 9.11. The van der Waals surface area contributed by atoms with E-state index in [4.69, 9.17) is 25.8 Å². The Bertz CT molecular complexity index is 1620. The van der Waals surface area contributed by atoms with Gasteiger partial charge in [0.15, 0.2) is 0 Å². The van der Waals surface area contributed by atoms with Gasteiger partial charge in [0, 0.05) is 37.7 Å². The predicted octanol–water partition coefficient (Wildman–Crippen LogP) is 3.69. The van der Waals surface area contributed by atoms with Crippen molar-refractivity contribution in [1.82, 2.24) is 10.2 Å². The summed E-state index contributed by atoms with van der Waals surface area (Å²) >= 11 is 10.2. The van der Waals surface area contributed by atoms with E-state index < -0.39 is 59.5 Å². The number of halogens is 2. The van der Waals surface area contributed by atoms with E-state index in [1.807, 2.05) is 12.1 Å². The molecule has 13 heteroatoms. The lowest BCUT2D eigenvalue weighted by Crippen LogP contribution is -2.56.